The molecule has 0 fully saturated rings. The van der Waals surface area contributed by atoms with Gasteiger partial charge in [0.25, 0.3) is 0 Å². The number of methoxy groups -OCH3 is 1. The van der Waals surface area contributed by atoms with Crippen molar-refractivity contribution in [2.45, 2.75) is 11.8 Å². The second kappa shape index (κ2) is 7.60. The number of ether oxygens (including phenoxy) is 1. The van der Waals surface area contributed by atoms with Crippen LogP contribution >= 0.6 is 15.9 Å². The fourth-order valence-electron chi connectivity index (χ4n) is 2.48. The van der Waals surface area contributed by atoms with Crippen molar-refractivity contribution in [1.82, 2.24) is 0 Å². The predicted octanol–water partition coefficient (Wildman–Crippen LogP) is 3.86. The molecule has 2 N–H and O–H groups in total. The van der Waals surface area contributed by atoms with E-state index in [1.807, 2.05) is 0 Å². The van der Waals surface area contributed by atoms with Gasteiger partial charge in [0.1, 0.15) is 0 Å². The highest BCUT2D eigenvalue weighted by molar-refractivity contribution is 9.08. The van der Waals surface area contributed by atoms with Gasteiger partial charge in [-0.2, -0.15) is 4.39 Å². The number of carboxylic acid groups (broad SMARTS) is 2. The van der Waals surface area contributed by atoms with Crippen molar-refractivity contribution < 1.29 is 33.3 Å². The molecule has 132 valence electrons. The molecule has 0 amide bonds. The summed E-state index contributed by atoms with van der Waals surface area (Å²) in [7, 11) is 1.21. The summed E-state index contributed by atoms with van der Waals surface area (Å²) in [6, 6.07) is 4.61. The van der Waals surface area contributed by atoms with Gasteiger partial charge in [-0.25, -0.2) is 14.0 Å². The lowest BCUT2D eigenvalue weighted by atomic mass is 9.94. The van der Waals surface area contributed by atoms with Gasteiger partial charge >= 0.3 is 11.9 Å². The quantitative estimate of drug-likeness (QED) is 0.701. The van der Waals surface area contributed by atoms with Crippen molar-refractivity contribution in [3.05, 3.63) is 63.7 Å². The maximum Gasteiger partial charge on any atom is 0.336 e. The van der Waals surface area contributed by atoms with Crippen LogP contribution in [-0.4, -0.2) is 29.3 Å². The molecule has 2 aromatic rings. The Morgan fingerprint density at radius 3 is 2.32 bits per heavy atom. The molecule has 0 heterocycles. The molecule has 0 radical (unpaired) electrons. The van der Waals surface area contributed by atoms with E-state index in [1.54, 1.807) is 0 Å². The van der Waals surface area contributed by atoms with Crippen LogP contribution in [0.4, 0.5) is 8.78 Å². The molecule has 0 spiro atoms. The first-order chi connectivity index (χ1) is 11.8. The Kier molecular flexibility index (Phi) is 5.73. The minimum absolute atomic E-state index is 0.0317. The van der Waals surface area contributed by atoms with Gasteiger partial charge in [0, 0.05) is 10.9 Å². The highest BCUT2D eigenvalue weighted by atomic mass is 79.9. The molecule has 0 atom stereocenters. The second-order valence-corrected chi connectivity index (χ2v) is 5.70. The van der Waals surface area contributed by atoms with E-state index in [9.17, 15) is 23.5 Å². The van der Waals surface area contributed by atoms with Gasteiger partial charge in [-0.15, -0.1) is 0 Å². The van der Waals surface area contributed by atoms with Crippen molar-refractivity contribution in [3.8, 4) is 5.75 Å². The zero-order chi connectivity index (χ0) is 18.7. The number of benzene rings is 2. The smallest absolute Gasteiger partial charge is 0.336 e. The molecule has 8 heteroatoms. The van der Waals surface area contributed by atoms with Crippen molar-refractivity contribution >= 4 is 27.9 Å². The lowest BCUT2D eigenvalue weighted by molar-refractivity contribution is 0.0695. The topological polar surface area (TPSA) is 83.8 Å². The number of hydrogen-bond donors (Lipinski definition) is 2. The standard InChI is InChI=1S/C17H13BrF2O5/c1-25-15-12(7-18)10(6-13(19)14(15)20)4-8-2-3-9(16(21)22)5-11(8)17(23)24/h2-3,5-6H,4,7H2,1H3,(H,21,22)(H,23,24). The van der Waals surface area contributed by atoms with E-state index in [0.717, 1.165) is 12.1 Å². The average Bonchev–Trinajstić information content (AvgIpc) is 2.57. The Balaban J connectivity index is 2.58. The van der Waals surface area contributed by atoms with E-state index in [-0.39, 0.29) is 34.2 Å². The molecule has 5 nitrogen and oxygen atoms in total. The molecular weight excluding hydrogens is 402 g/mol. The Hall–Kier alpha value is -2.48. The van der Waals surface area contributed by atoms with Crippen LogP contribution in [0, 0.1) is 11.6 Å². The summed E-state index contributed by atoms with van der Waals surface area (Å²) in [5.41, 5.74) is 0.555. The third-order valence-corrected chi connectivity index (χ3v) is 4.24. The van der Waals surface area contributed by atoms with Gasteiger partial charge in [0.15, 0.2) is 11.6 Å². The average molecular weight is 415 g/mol. The highest BCUT2D eigenvalue weighted by Crippen LogP contribution is 2.32. The summed E-state index contributed by atoms with van der Waals surface area (Å²) in [6.45, 7) is 0. The summed E-state index contributed by atoms with van der Waals surface area (Å²) in [5.74, 6) is -5.07. The third-order valence-electron chi connectivity index (χ3n) is 3.68. The van der Waals surface area contributed by atoms with Gasteiger partial charge < -0.3 is 14.9 Å². The fraction of sp³-hybridized carbons (Fsp3) is 0.176. The van der Waals surface area contributed by atoms with Crippen LogP contribution in [0.5, 0.6) is 5.75 Å². The van der Waals surface area contributed by atoms with E-state index in [4.69, 9.17) is 9.84 Å². The minimum Gasteiger partial charge on any atom is -0.493 e. The lowest BCUT2D eigenvalue weighted by Crippen LogP contribution is -2.09. The second-order valence-electron chi connectivity index (χ2n) is 5.14. The minimum atomic E-state index is -1.31. The van der Waals surface area contributed by atoms with Crippen molar-refractivity contribution in [1.29, 1.82) is 0 Å². The van der Waals surface area contributed by atoms with E-state index in [1.165, 1.54) is 19.2 Å². The predicted molar refractivity (Wildman–Crippen MR) is 88.7 cm³/mol. The molecule has 0 aliphatic carbocycles. The molecule has 0 bridgehead atoms. The first-order valence-corrected chi connectivity index (χ1v) is 8.11. The zero-order valence-electron chi connectivity index (χ0n) is 13.0. The Bertz CT molecular complexity index is 851. The Morgan fingerprint density at radius 2 is 1.80 bits per heavy atom. The number of alkyl halides is 1. The zero-order valence-corrected chi connectivity index (χ0v) is 14.6. The fourth-order valence-corrected chi connectivity index (χ4v) is 3.09. The maximum atomic E-state index is 13.8. The summed E-state index contributed by atoms with van der Waals surface area (Å²) in [5, 5.41) is 18.5. The number of hydrogen-bond acceptors (Lipinski definition) is 3. The molecule has 2 rings (SSSR count). The normalized spacial score (nSPS) is 10.6. The number of halogens is 3. The first-order valence-electron chi connectivity index (χ1n) is 6.99. The number of carboxylic acids is 2. The maximum absolute atomic E-state index is 13.8. The Labute approximate surface area is 150 Å². The monoisotopic (exact) mass is 414 g/mol. The molecule has 0 saturated carbocycles. The summed E-state index contributed by atoms with van der Waals surface area (Å²) < 4.78 is 32.6. The van der Waals surface area contributed by atoms with Gasteiger partial charge in [-0.3, -0.25) is 0 Å². The molecule has 25 heavy (non-hydrogen) atoms. The molecular formula is C17H13BrF2O5. The molecule has 0 aromatic heterocycles. The van der Waals surface area contributed by atoms with Crippen LogP contribution in [0.15, 0.2) is 24.3 Å². The summed E-state index contributed by atoms with van der Waals surface area (Å²) in [4.78, 5) is 22.4. The van der Waals surface area contributed by atoms with Crippen LogP contribution in [-0.2, 0) is 11.8 Å². The molecule has 2 aromatic carbocycles. The van der Waals surface area contributed by atoms with E-state index >= 15 is 0 Å². The van der Waals surface area contributed by atoms with E-state index in [2.05, 4.69) is 15.9 Å². The number of rotatable bonds is 6. The lowest BCUT2D eigenvalue weighted by Gasteiger charge is -2.15. The number of carbonyl (C=O) groups is 2. The van der Waals surface area contributed by atoms with E-state index < -0.39 is 23.6 Å². The van der Waals surface area contributed by atoms with Crippen molar-refractivity contribution in [2.75, 3.05) is 7.11 Å². The van der Waals surface area contributed by atoms with Crippen LogP contribution in [0.1, 0.15) is 37.4 Å². The molecule has 0 aliphatic heterocycles. The summed E-state index contributed by atoms with van der Waals surface area (Å²) in [6.07, 6.45) is -0.0317. The molecule has 0 saturated heterocycles. The highest BCUT2D eigenvalue weighted by Gasteiger charge is 2.21. The van der Waals surface area contributed by atoms with Gasteiger partial charge in [0.2, 0.25) is 5.82 Å². The van der Waals surface area contributed by atoms with Crippen molar-refractivity contribution in [2.24, 2.45) is 0 Å². The van der Waals surface area contributed by atoms with Crippen molar-refractivity contribution in [3.63, 3.8) is 0 Å². The number of aromatic carboxylic acids is 2. The SMILES string of the molecule is COc1c(F)c(F)cc(Cc2ccc(C(=O)O)cc2C(=O)O)c1CBr. The molecule has 0 unspecified atom stereocenters. The largest absolute Gasteiger partial charge is 0.493 e. The first kappa shape index (κ1) is 18.9. The Morgan fingerprint density at radius 1 is 1.12 bits per heavy atom. The van der Waals surface area contributed by atoms with Crippen LogP contribution in [0.25, 0.3) is 0 Å². The van der Waals surface area contributed by atoms with Crippen LogP contribution < -0.4 is 4.74 Å². The van der Waals surface area contributed by atoms with Gasteiger partial charge in [-0.1, -0.05) is 22.0 Å². The van der Waals surface area contributed by atoms with Crippen LogP contribution in [0.2, 0.25) is 0 Å². The van der Waals surface area contributed by atoms with E-state index in [0.29, 0.717) is 11.1 Å². The molecule has 0 aliphatic rings. The van der Waals surface area contributed by atoms with Gasteiger partial charge in [0.05, 0.1) is 18.2 Å². The van der Waals surface area contributed by atoms with Crippen LogP contribution in [0.3, 0.4) is 0 Å². The third kappa shape index (κ3) is 3.79. The summed E-state index contributed by atoms with van der Waals surface area (Å²) >= 11 is 3.19. The van der Waals surface area contributed by atoms with Gasteiger partial charge in [-0.05, 0) is 35.7 Å².